The van der Waals surface area contributed by atoms with E-state index in [1.807, 2.05) is 13.8 Å². The summed E-state index contributed by atoms with van der Waals surface area (Å²) in [7, 11) is 0. The smallest absolute Gasteiger partial charge is 0.306 e. The molecule has 0 radical (unpaired) electrons. The van der Waals surface area contributed by atoms with E-state index in [0.29, 0.717) is 30.2 Å². The molecule has 0 aliphatic carbocycles. The van der Waals surface area contributed by atoms with Gasteiger partial charge in [-0.25, -0.2) is 0 Å². The molecule has 2 heterocycles. The maximum absolute atomic E-state index is 12.1. The number of hydrogen-bond acceptors (Lipinski definition) is 5. The Labute approximate surface area is 135 Å². The van der Waals surface area contributed by atoms with Gasteiger partial charge in [-0.3, -0.25) is 9.59 Å². The summed E-state index contributed by atoms with van der Waals surface area (Å²) in [5.41, 5.74) is 0.658. The number of nitrogens with one attached hydrogen (secondary N) is 1. The van der Waals surface area contributed by atoms with Gasteiger partial charge in [0.15, 0.2) is 11.5 Å². The topological polar surface area (TPSA) is 73.9 Å². The number of benzene rings is 1. The summed E-state index contributed by atoms with van der Waals surface area (Å²) in [5.74, 6) is 0.328. The van der Waals surface area contributed by atoms with Crippen molar-refractivity contribution in [3.8, 4) is 11.5 Å². The van der Waals surface area contributed by atoms with Crippen LogP contribution in [0.2, 0.25) is 0 Å². The molecule has 1 amide bonds. The van der Waals surface area contributed by atoms with E-state index in [1.165, 1.54) is 0 Å². The van der Waals surface area contributed by atoms with Crippen LogP contribution in [0.3, 0.4) is 0 Å². The first-order valence-corrected chi connectivity index (χ1v) is 8.01. The highest BCUT2D eigenvalue weighted by atomic mass is 16.7. The average molecular weight is 319 g/mol. The molecule has 3 rings (SSSR count). The van der Waals surface area contributed by atoms with Gasteiger partial charge >= 0.3 is 5.97 Å². The first kappa shape index (κ1) is 15.6. The van der Waals surface area contributed by atoms with Crippen LogP contribution in [0, 0.1) is 5.92 Å². The van der Waals surface area contributed by atoms with E-state index in [2.05, 4.69) is 5.32 Å². The van der Waals surface area contributed by atoms with Crippen LogP contribution >= 0.6 is 0 Å². The van der Waals surface area contributed by atoms with E-state index in [0.717, 1.165) is 12.8 Å². The molecule has 124 valence electrons. The summed E-state index contributed by atoms with van der Waals surface area (Å²) in [5, 5.41) is 2.84. The third-order valence-electron chi connectivity index (χ3n) is 4.31. The zero-order valence-corrected chi connectivity index (χ0v) is 13.4. The fraction of sp³-hybridized carbons (Fsp3) is 0.529. The van der Waals surface area contributed by atoms with Crippen LogP contribution in [-0.4, -0.2) is 24.3 Å². The Hall–Kier alpha value is -2.24. The van der Waals surface area contributed by atoms with Gasteiger partial charge in [0.2, 0.25) is 5.91 Å². The Bertz CT molecular complexity index is 623. The van der Waals surface area contributed by atoms with Gasteiger partial charge in [-0.2, -0.15) is 0 Å². The molecule has 6 heteroatoms. The van der Waals surface area contributed by atoms with Crippen LogP contribution in [0.15, 0.2) is 18.2 Å². The van der Waals surface area contributed by atoms with Gasteiger partial charge in [0.25, 0.3) is 5.79 Å². The highest BCUT2D eigenvalue weighted by molar-refractivity contribution is 5.91. The Kier molecular flexibility index (Phi) is 4.15. The van der Waals surface area contributed by atoms with Crippen LogP contribution in [0.1, 0.15) is 39.5 Å². The molecule has 2 aliphatic heterocycles. The lowest BCUT2D eigenvalue weighted by molar-refractivity contribution is -0.138. The standard InChI is InChI=1S/C17H21NO5/c1-3-17(4-2)22-13-6-5-12(9-14(13)23-17)18-15(19)7-11-8-16(20)21-10-11/h5-6,9,11H,3-4,7-8,10H2,1-2H3,(H,18,19)/t11-/m0/s1. The minimum Gasteiger partial charge on any atom is -0.465 e. The highest BCUT2D eigenvalue weighted by Gasteiger charge is 2.38. The molecule has 0 aromatic heterocycles. The van der Waals surface area contributed by atoms with Crippen molar-refractivity contribution in [1.29, 1.82) is 0 Å². The average Bonchev–Trinajstić information content (AvgIpc) is 3.10. The predicted molar refractivity (Wildman–Crippen MR) is 83.3 cm³/mol. The number of hydrogen-bond donors (Lipinski definition) is 1. The molecule has 6 nitrogen and oxygen atoms in total. The van der Waals surface area contributed by atoms with Gasteiger partial charge < -0.3 is 19.5 Å². The molecule has 23 heavy (non-hydrogen) atoms. The number of amides is 1. The van der Waals surface area contributed by atoms with Crippen LogP contribution in [0.5, 0.6) is 11.5 Å². The number of ether oxygens (including phenoxy) is 3. The summed E-state index contributed by atoms with van der Waals surface area (Å²) in [6.07, 6.45) is 2.07. The number of carbonyl (C=O) groups excluding carboxylic acids is 2. The molecule has 1 atom stereocenters. The summed E-state index contributed by atoms with van der Waals surface area (Å²) in [4.78, 5) is 23.1. The van der Waals surface area contributed by atoms with Crippen molar-refractivity contribution < 1.29 is 23.8 Å². The molecule has 1 aromatic carbocycles. The maximum Gasteiger partial charge on any atom is 0.306 e. The number of fused-ring (bicyclic) bond motifs is 1. The van der Waals surface area contributed by atoms with Crippen LogP contribution in [0.25, 0.3) is 0 Å². The summed E-state index contributed by atoms with van der Waals surface area (Å²) in [6.45, 7) is 4.36. The fourth-order valence-corrected chi connectivity index (χ4v) is 2.88. The van der Waals surface area contributed by atoms with Gasteiger partial charge in [-0.1, -0.05) is 13.8 Å². The molecule has 1 N–H and O–H groups in total. The molecule has 0 saturated carbocycles. The van der Waals surface area contributed by atoms with E-state index in [9.17, 15) is 9.59 Å². The van der Waals surface area contributed by atoms with E-state index < -0.39 is 5.79 Å². The van der Waals surface area contributed by atoms with Crippen molar-refractivity contribution in [2.45, 2.75) is 45.3 Å². The molecule has 0 bridgehead atoms. The number of anilines is 1. The van der Waals surface area contributed by atoms with Crippen LogP contribution < -0.4 is 14.8 Å². The molecule has 2 aliphatic rings. The Morgan fingerprint density at radius 1 is 1.26 bits per heavy atom. The molecule has 1 aromatic rings. The second kappa shape index (κ2) is 6.10. The third kappa shape index (κ3) is 3.25. The first-order chi connectivity index (χ1) is 11.0. The molecule has 1 saturated heterocycles. The maximum atomic E-state index is 12.1. The van der Waals surface area contributed by atoms with Crippen molar-refractivity contribution in [2.24, 2.45) is 5.92 Å². The number of esters is 1. The van der Waals surface area contributed by atoms with Crippen LogP contribution in [0.4, 0.5) is 5.69 Å². The predicted octanol–water partition coefficient (Wildman–Crippen LogP) is 2.87. The summed E-state index contributed by atoms with van der Waals surface area (Å²) < 4.78 is 16.7. The van der Waals surface area contributed by atoms with E-state index in [1.54, 1.807) is 18.2 Å². The number of carbonyl (C=O) groups is 2. The monoisotopic (exact) mass is 319 g/mol. The molecule has 0 unspecified atom stereocenters. The van der Waals surface area contributed by atoms with E-state index >= 15 is 0 Å². The SMILES string of the molecule is CCC1(CC)Oc2ccc(NC(=O)C[C@@H]3COC(=O)C3)cc2O1. The second-order valence-corrected chi connectivity index (χ2v) is 5.99. The minimum atomic E-state index is -0.605. The first-order valence-electron chi connectivity index (χ1n) is 8.01. The summed E-state index contributed by atoms with van der Waals surface area (Å²) in [6, 6.07) is 5.37. The summed E-state index contributed by atoms with van der Waals surface area (Å²) >= 11 is 0. The second-order valence-electron chi connectivity index (χ2n) is 5.99. The highest BCUT2D eigenvalue weighted by Crippen LogP contribution is 2.43. The zero-order valence-electron chi connectivity index (χ0n) is 13.4. The molecular weight excluding hydrogens is 298 g/mol. The van der Waals surface area contributed by atoms with Crippen molar-refractivity contribution >= 4 is 17.6 Å². The number of rotatable bonds is 5. The van der Waals surface area contributed by atoms with Crippen molar-refractivity contribution in [3.05, 3.63) is 18.2 Å². The largest absolute Gasteiger partial charge is 0.465 e. The van der Waals surface area contributed by atoms with Crippen molar-refractivity contribution in [1.82, 2.24) is 0 Å². The van der Waals surface area contributed by atoms with Gasteiger partial charge in [0.1, 0.15) is 0 Å². The zero-order chi connectivity index (χ0) is 16.4. The number of cyclic esters (lactones) is 1. The van der Waals surface area contributed by atoms with Gasteiger partial charge in [-0.05, 0) is 12.1 Å². The molecule has 1 fully saturated rings. The lowest BCUT2D eigenvalue weighted by Crippen LogP contribution is -2.36. The van der Waals surface area contributed by atoms with Crippen molar-refractivity contribution in [2.75, 3.05) is 11.9 Å². The Balaban J connectivity index is 1.62. The van der Waals surface area contributed by atoms with Crippen molar-refractivity contribution in [3.63, 3.8) is 0 Å². The molecule has 0 spiro atoms. The lowest BCUT2D eigenvalue weighted by Gasteiger charge is -2.24. The minimum absolute atomic E-state index is 0.0376. The Morgan fingerprint density at radius 3 is 2.65 bits per heavy atom. The van der Waals surface area contributed by atoms with Gasteiger partial charge in [0.05, 0.1) is 13.0 Å². The fourth-order valence-electron chi connectivity index (χ4n) is 2.88. The normalized spacial score (nSPS) is 21.1. The Morgan fingerprint density at radius 2 is 2.00 bits per heavy atom. The van der Waals surface area contributed by atoms with E-state index in [-0.39, 0.29) is 24.2 Å². The van der Waals surface area contributed by atoms with Gasteiger partial charge in [0, 0.05) is 36.9 Å². The lowest BCUT2D eigenvalue weighted by atomic mass is 10.0. The van der Waals surface area contributed by atoms with Crippen LogP contribution in [-0.2, 0) is 14.3 Å². The van der Waals surface area contributed by atoms with Gasteiger partial charge in [-0.15, -0.1) is 0 Å². The van der Waals surface area contributed by atoms with E-state index in [4.69, 9.17) is 14.2 Å². The quantitative estimate of drug-likeness (QED) is 0.845. The third-order valence-corrected chi connectivity index (χ3v) is 4.31. The molecular formula is C17H21NO5.